The summed E-state index contributed by atoms with van der Waals surface area (Å²) in [6, 6.07) is 24.8. The molecule has 0 N–H and O–H groups in total. The summed E-state index contributed by atoms with van der Waals surface area (Å²) in [5, 5.41) is 0. The van der Waals surface area contributed by atoms with E-state index in [9.17, 15) is 0 Å². The number of pyridine rings is 1. The van der Waals surface area contributed by atoms with E-state index >= 15 is 0 Å². The second kappa shape index (κ2) is 8.66. The van der Waals surface area contributed by atoms with Crippen molar-refractivity contribution in [2.45, 2.75) is 65.7 Å². The van der Waals surface area contributed by atoms with E-state index in [1.165, 1.54) is 67.2 Å². The van der Waals surface area contributed by atoms with Crippen LogP contribution in [0.5, 0.6) is 0 Å². The second-order valence-corrected chi connectivity index (χ2v) is 12.0. The zero-order valence-corrected chi connectivity index (χ0v) is 23.9. The zero-order valence-electron chi connectivity index (χ0n) is 23.9. The van der Waals surface area contributed by atoms with E-state index in [1.807, 2.05) is 6.20 Å². The summed E-state index contributed by atoms with van der Waals surface area (Å²) in [5.74, 6) is 2.03. The molecule has 1 aliphatic rings. The summed E-state index contributed by atoms with van der Waals surface area (Å²) in [6.07, 6.45) is 1.92. The van der Waals surface area contributed by atoms with Crippen LogP contribution < -0.4 is 4.57 Å². The third kappa shape index (κ3) is 3.41. The number of nitrogens with zero attached hydrogens (tertiary/aromatic N) is 3. The summed E-state index contributed by atoms with van der Waals surface area (Å²) < 4.78 is 4.93. The highest BCUT2D eigenvalue weighted by Crippen LogP contribution is 2.49. The normalized spacial score (nSPS) is 13.9. The Bertz CT molecular complexity index is 1690. The van der Waals surface area contributed by atoms with Gasteiger partial charge in [0.2, 0.25) is 0 Å². The Labute approximate surface area is 226 Å². The molecule has 0 amide bonds. The molecule has 0 radical (unpaired) electrons. The standard InChI is InChI=1S/C35H38N3/c1-21(2)24-13-11-14-25(22(3)4)32(24)38-31-17-10-9-16-30(31)37(8)34(38)27-20-28-26-15-12-18-36-33(26)35(6,7)29(28)19-23(27)5/h9-22H,1-8H3/q+1. The lowest BCUT2D eigenvalue weighted by Gasteiger charge is -2.21. The molecule has 0 saturated heterocycles. The lowest BCUT2D eigenvalue weighted by Crippen LogP contribution is -2.30. The number of aromatic nitrogens is 3. The molecule has 6 rings (SSSR count). The molecular weight excluding hydrogens is 462 g/mol. The third-order valence-corrected chi connectivity index (χ3v) is 8.55. The van der Waals surface area contributed by atoms with Gasteiger partial charge in [-0.15, -0.1) is 0 Å². The van der Waals surface area contributed by atoms with E-state index in [2.05, 4.69) is 131 Å². The highest BCUT2D eigenvalue weighted by atomic mass is 15.2. The van der Waals surface area contributed by atoms with Gasteiger partial charge < -0.3 is 0 Å². The van der Waals surface area contributed by atoms with E-state index in [4.69, 9.17) is 4.98 Å². The Kier molecular flexibility index (Phi) is 5.61. The Morgan fingerprint density at radius 3 is 2.16 bits per heavy atom. The van der Waals surface area contributed by atoms with Crippen LogP contribution in [0.3, 0.4) is 0 Å². The van der Waals surface area contributed by atoms with Gasteiger partial charge in [0.05, 0.1) is 18.3 Å². The lowest BCUT2D eigenvalue weighted by atomic mass is 9.84. The van der Waals surface area contributed by atoms with Gasteiger partial charge in [0.25, 0.3) is 5.82 Å². The smallest absolute Gasteiger partial charge is 0.260 e. The van der Waals surface area contributed by atoms with Crippen molar-refractivity contribution in [3.8, 4) is 28.2 Å². The van der Waals surface area contributed by atoms with Gasteiger partial charge in [0.1, 0.15) is 5.69 Å². The number of hydrogen-bond donors (Lipinski definition) is 0. The molecule has 2 aromatic heterocycles. The van der Waals surface area contributed by atoms with Crippen molar-refractivity contribution in [3.05, 3.63) is 101 Å². The van der Waals surface area contributed by atoms with Crippen LogP contribution in [0.15, 0.2) is 72.9 Å². The van der Waals surface area contributed by atoms with Crippen LogP contribution in [0.25, 0.3) is 39.2 Å². The lowest BCUT2D eigenvalue weighted by molar-refractivity contribution is -0.633. The van der Waals surface area contributed by atoms with Crippen molar-refractivity contribution in [2.75, 3.05) is 0 Å². The maximum absolute atomic E-state index is 4.83. The third-order valence-electron chi connectivity index (χ3n) is 8.55. The summed E-state index contributed by atoms with van der Waals surface area (Å²) in [4.78, 5) is 4.83. The van der Waals surface area contributed by atoms with Crippen molar-refractivity contribution in [1.29, 1.82) is 0 Å². The Hall–Kier alpha value is -3.72. The molecule has 0 fully saturated rings. The molecule has 3 nitrogen and oxygen atoms in total. The number of imidazole rings is 1. The molecule has 1 aliphatic carbocycles. The largest absolute Gasteiger partial charge is 0.295 e. The predicted octanol–water partition coefficient (Wildman–Crippen LogP) is 8.38. The second-order valence-electron chi connectivity index (χ2n) is 12.0. The van der Waals surface area contributed by atoms with Crippen LogP contribution in [0, 0.1) is 6.92 Å². The summed E-state index contributed by atoms with van der Waals surface area (Å²) in [6.45, 7) is 16.1. The molecule has 0 unspecified atom stereocenters. The fourth-order valence-electron chi connectivity index (χ4n) is 6.55. The Morgan fingerprint density at radius 1 is 0.789 bits per heavy atom. The molecule has 0 saturated carbocycles. The van der Waals surface area contributed by atoms with Gasteiger partial charge in [0.15, 0.2) is 11.0 Å². The fourth-order valence-corrected chi connectivity index (χ4v) is 6.55. The van der Waals surface area contributed by atoms with Crippen LogP contribution in [-0.4, -0.2) is 9.55 Å². The summed E-state index contributed by atoms with van der Waals surface area (Å²) >= 11 is 0. The average molecular weight is 501 g/mol. The van der Waals surface area contributed by atoms with Gasteiger partial charge in [-0.3, -0.25) is 4.98 Å². The van der Waals surface area contributed by atoms with E-state index in [0.29, 0.717) is 11.8 Å². The summed E-state index contributed by atoms with van der Waals surface area (Å²) in [5.41, 5.74) is 14.1. The molecule has 38 heavy (non-hydrogen) atoms. The van der Waals surface area contributed by atoms with Crippen molar-refractivity contribution >= 4 is 11.0 Å². The molecule has 3 aromatic carbocycles. The van der Waals surface area contributed by atoms with Gasteiger partial charge in [0, 0.05) is 28.3 Å². The highest BCUT2D eigenvalue weighted by Gasteiger charge is 2.39. The molecule has 5 aromatic rings. The Morgan fingerprint density at radius 2 is 1.47 bits per heavy atom. The monoisotopic (exact) mass is 500 g/mol. The molecule has 3 heteroatoms. The molecule has 0 aliphatic heterocycles. The first-order valence-corrected chi connectivity index (χ1v) is 13.9. The molecule has 192 valence electrons. The highest BCUT2D eigenvalue weighted by molar-refractivity contribution is 5.86. The van der Waals surface area contributed by atoms with Gasteiger partial charge in [-0.05, 0) is 59.7 Å². The molecular formula is C35H38N3+. The minimum atomic E-state index is -0.112. The number of benzene rings is 3. The van der Waals surface area contributed by atoms with E-state index in [1.54, 1.807) is 0 Å². The molecule has 0 atom stereocenters. The van der Waals surface area contributed by atoms with Gasteiger partial charge in [-0.25, -0.2) is 4.57 Å². The SMILES string of the molecule is Cc1cc2c(cc1-c1n(-c3c(C(C)C)cccc3C(C)C)c3ccccc3[n+]1C)-c1cccnc1C2(C)C. The van der Waals surface area contributed by atoms with Gasteiger partial charge in [-0.2, -0.15) is 4.57 Å². The van der Waals surface area contributed by atoms with Crippen LogP contribution in [-0.2, 0) is 12.5 Å². The zero-order chi connectivity index (χ0) is 26.9. The van der Waals surface area contributed by atoms with E-state index < -0.39 is 0 Å². The maximum atomic E-state index is 4.83. The van der Waals surface area contributed by atoms with Gasteiger partial charge >= 0.3 is 0 Å². The average Bonchev–Trinajstić information content (AvgIpc) is 3.31. The number of hydrogen-bond acceptors (Lipinski definition) is 1. The van der Waals surface area contributed by atoms with Crippen molar-refractivity contribution in [1.82, 2.24) is 9.55 Å². The molecule has 0 spiro atoms. The molecule has 2 heterocycles. The first-order valence-electron chi connectivity index (χ1n) is 13.9. The number of aryl methyl sites for hydroxylation is 2. The summed E-state index contributed by atoms with van der Waals surface area (Å²) in [7, 11) is 2.22. The fraction of sp³-hybridized carbons (Fsp3) is 0.314. The van der Waals surface area contributed by atoms with E-state index in [-0.39, 0.29) is 5.41 Å². The Balaban J connectivity index is 1.75. The van der Waals surface area contributed by atoms with Crippen LogP contribution in [0.2, 0.25) is 0 Å². The topological polar surface area (TPSA) is 21.7 Å². The van der Waals surface area contributed by atoms with Crippen molar-refractivity contribution < 1.29 is 4.57 Å². The quantitative estimate of drug-likeness (QED) is 0.227. The first-order chi connectivity index (χ1) is 18.1. The minimum Gasteiger partial charge on any atom is -0.260 e. The number of para-hydroxylation sites is 3. The maximum Gasteiger partial charge on any atom is 0.295 e. The van der Waals surface area contributed by atoms with Crippen molar-refractivity contribution in [2.24, 2.45) is 7.05 Å². The van der Waals surface area contributed by atoms with Crippen LogP contribution in [0.1, 0.15) is 81.3 Å². The number of fused-ring (bicyclic) bond motifs is 4. The first kappa shape index (κ1) is 24.6. The molecule has 0 bridgehead atoms. The van der Waals surface area contributed by atoms with Crippen LogP contribution in [0.4, 0.5) is 0 Å². The van der Waals surface area contributed by atoms with Crippen LogP contribution >= 0.6 is 0 Å². The number of rotatable bonds is 4. The van der Waals surface area contributed by atoms with E-state index in [0.717, 1.165) is 0 Å². The van der Waals surface area contributed by atoms with Crippen molar-refractivity contribution in [3.63, 3.8) is 0 Å². The predicted molar refractivity (Wildman–Crippen MR) is 158 cm³/mol. The van der Waals surface area contributed by atoms with Gasteiger partial charge in [-0.1, -0.05) is 84.0 Å². The minimum absolute atomic E-state index is 0.112.